The molecule has 4 heteroatoms. The van der Waals surface area contributed by atoms with Gasteiger partial charge in [-0.1, -0.05) is 30.3 Å². The number of nitriles is 1. The van der Waals surface area contributed by atoms with Crippen LogP contribution in [-0.2, 0) is 20.0 Å². The highest BCUT2D eigenvalue weighted by molar-refractivity contribution is 5.34. The summed E-state index contributed by atoms with van der Waals surface area (Å²) in [6, 6.07) is 14.5. The van der Waals surface area contributed by atoms with Crippen LogP contribution in [-0.4, -0.2) is 34.3 Å². The second kappa shape index (κ2) is 7.79. The fourth-order valence-electron chi connectivity index (χ4n) is 2.61. The molecule has 0 bridgehead atoms. The molecular weight excluding hydrogens is 274 g/mol. The van der Waals surface area contributed by atoms with Crippen molar-refractivity contribution in [3.05, 3.63) is 58.9 Å². The molecule has 1 heterocycles. The van der Waals surface area contributed by atoms with Crippen molar-refractivity contribution in [3.63, 3.8) is 0 Å². The van der Waals surface area contributed by atoms with E-state index >= 15 is 0 Å². The van der Waals surface area contributed by atoms with Crippen molar-refractivity contribution in [2.75, 3.05) is 19.7 Å². The molecule has 22 heavy (non-hydrogen) atoms. The summed E-state index contributed by atoms with van der Waals surface area (Å²) in [7, 11) is 1.91. The summed E-state index contributed by atoms with van der Waals surface area (Å²) < 4.78 is 1.92. The lowest BCUT2D eigenvalue weighted by Gasteiger charge is -2.21. The van der Waals surface area contributed by atoms with Gasteiger partial charge in [0.25, 0.3) is 0 Å². The smallest absolute Gasteiger partial charge is 0.120 e. The lowest BCUT2D eigenvalue weighted by Crippen LogP contribution is -2.29. The highest BCUT2D eigenvalue weighted by Crippen LogP contribution is 2.16. The molecule has 116 valence electrons. The van der Waals surface area contributed by atoms with Crippen molar-refractivity contribution >= 4 is 0 Å². The maximum absolute atomic E-state index is 9.29. The first-order valence-corrected chi connectivity index (χ1v) is 7.58. The lowest BCUT2D eigenvalue weighted by atomic mass is 10.1. The van der Waals surface area contributed by atoms with Crippen LogP contribution in [0.1, 0.15) is 22.5 Å². The van der Waals surface area contributed by atoms with E-state index in [1.165, 1.54) is 5.56 Å². The molecule has 0 saturated heterocycles. The first-order chi connectivity index (χ1) is 10.7. The summed E-state index contributed by atoms with van der Waals surface area (Å²) in [6.07, 6.45) is 0.956. The van der Waals surface area contributed by atoms with E-state index in [1.807, 2.05) is 42.8 Å². The number of hydrogen-bond donors (Lipinski definition) is 1. The van der Waals surface area contributed by atoms with Crippen molar-refractivity contribution < 1.29 is 5.11 Å². The molecule has 0 spiro atoms. The van der Waals surface area contributed by atoms with Gasteiger partial charge in [0.1, 0.15) is 11.8 Å². The molecule has 0 unspecified atom stereocenters. The third kappa shape index (κ3) is 3.97. The van der Waals surface area contributed by atoms with Crippen LogP contribution in [0.2, 0.25) is 0 Å². The van der Waals surface area contributed by atoms with Gasteiger partial charge in [0.15, 0.2) is 0 Å². The standard InChI is InChI=1S/C18H23N3O/c1-15-17(12-18(13-19)20(15)2)14-21(10-11-22)9-8-16-6-4-3-5-7-16/h3-7,12,22H,8-11,14H2,1-2H3. The molecule has 0 radical (unpaired) electrons. The average molecular weight is 297 g/mol. The summed E-state index contributed by atoms with van der Waals surface area (Å²) in [5.41, 5.74) is 4.24. The van der Waals surface area contributed by atoms with Crippen LogP contribution < -0.4 is 0 Å². The fourth-order valence-corrected chi connectivity index (χ4v) is 2.61. The molecule has 0 atom stereocenters. The Morgan fingerprint density at radius 1 is 1.23 bits per heavy atom. The molecule has 0 fully saturated rings. The minimum Gasteiger partial charge on any atom is -0.395 e. The summed E-state index contributed by atoms with van der Waals surface area (Å²) in [4.78, 5) is 2.23. The van der Waals surface area contributed by atoms with Crippen molar-refractivity contribution in [2.24, 2.45) is 7.05 Å². The molecule has 0 aliphatic heterocycles. The molecule has 2 aromatic rings. The van der Waals surface area contributed by atoms with Crippen molar-refractivity contribution in [3.8, 4) is 6.07 Å². The van der Waals surface area contributed by atoms with Gasteiger partial charge in [-0.15, -0.1) is 0 Å². The first-order valence-electron chi connectivity index (χ1n) is 7.58. The van der Waals surface area contributed by atoms with Crippen LogP contribution in [0.25, 0.3) is 0 Å². The van der Waals surface area contributed by atoms with E-state index in [9.17, 15) is 5.11 Å². The highest BCUT2D eigenvalue weighted by atomic mass is 16.3. The molecule has 4 nitrogen and oxygen atoms in total. The zero-order valence-electron chi connectivity index (χ0n) is 13.3. The summed E-state index contributed by atoms with van der Waals surface area (Å²) in [6.45, 7) is 4.47. The Morgan fingerprint density at radius 2 is 1.95 bits per heavy atom. The van der Waals surface area contributed by atoms with Crippen LogP contribution in [0.4, 0.5) is 0 Å². The molecule has 1 N–H and O–H groups in total. The van der Waals surface area contributed by atoms with Crippen molar-refractivity contribution in [1.29, 1.82) is 5.26 Å². The number of hydrogen-bond acceptors (Lipinski definition) is 3. The Bertz CT molecular complexity index is 640. The van der Waals surface area contributed by atoms with Gasteiger partial charge in [0.2, 0.25) is 0 Å². The Morgan fingerprint density at radius 3 is 2.55 bits per heavy atom. The lowest BCUT2D eigenvalue weighted by molar-refractivity contribution is 0.191. The van der Waals surface area contributed by atoms with E-state index in [0.29, 0.717) is 12.2 Å². The van der Waals surface area contributed by atoms with Crippen LogP contribution in [0.3, 0.4) is 0 Å². The van der Waals surface area contributed by atoms with Crippen LogP contribution in [0, 0.1) is 18.3 Å². The Kier molecular flexibility index (Phi) is 5.76. The third-order valence-electron chi connectivity index (χ3n) is 4.12. The number of nitrogens with zero attached hydrogens (tertiary/aromatic N) is 3. The van der Waals surface area contributed by atoms with Crippen molar-refractivity contribution in [2.45, 2.75) is 19.9 Å². The zero-order chi connectivity index (χ0) is 15.9. The number of aliphatic hydroxyl groups is 1. The van der Waals surface area contributed by atoms with Crippen LogP contribution in [0.15, 0.2) is 36.4 Å². The maximum atomic E-state index is 9.29. The first kappa shape index (κ1) is 16.3. The van der Waals surface area contributed by atoms with Gasteiger partial charge in [0.05, 0.1) is 6.61 Å². The normalized spacial score (nSPS) is 10.9. The SMILES string of the molecule is Cc1c(CN(CCO)CCc2ccccc2)cc(C#N)n1C. The van der Waals surface area contributed by atoms with Gasteiger partial charge in [-0.3, -0.25) is 4.90 Å². The number of aliphatic hydroxyl groups excluding tert-OH is 1. The van der Waals surface area contributed by atoms with E-state index in [1.54, 1.807) is 0 Å². The summed E-state index contributed by atoms with van der Waals surface area (Å²) >= 11 is 0. The summed E-state index contributed by atoms with van der Waals surface area (Å²) in [5.74, 6) is 0. The topological polar surface area (TPSA) is 52.2 Å². The molecule has 0 aliphatic rings. The number of aromatic nitrogens is 1. The quantitative estimate of drug-likeness (QED) is 0.853. The second-order valence-corrected chi connectivity index (χ2v) is 5.55. The van der Waals surface area contributed by atoms with E-state index in [2.05, 4.69) is 23.1 Å². The molecule has 2 rings (SSSR count). The predicted molar refractivity (Wildman–Crippen MR) is 87.4 cm³/mol. The largest absolute Gasteiger partial charge is 0.395 e. The Balaban J connectivity index is 2.04. The van der Waals surface area contributed by atoms with Gasteiger partial charge in [-0.25, -0.2) is 0 Å². The van der Waals surface area contributed by atoms with Gasteiger partial charge in [-0.05, 0) is 30.5 Å². The molecule has 1 aromatic carbocycles. The van der Waals surface area contributed by atoms with E-state index in [4.69, 9.17) is 5.26 Å². The van der Waals surface area contributed by atoms with Crippen LogP contribution in [0.5, 0.6) is 0 Å². The predicted octanol–water partition coefficient (Wildman–Crippen LogP) is 2.24. The Labute approximate surface area is 132 Å². The molecular formula is C18H23N3O. The molecule has 1 aromatic heterocycles. The minimum absolute atomic E-state index is 0.145. The second-order valence-electron chi connectivity index (χ2n) is 5.55. The van der Waals surface area contributed by atoms with Gasteiger partial charge in [0, 0.05) is 32.4 Å². The summed E-state index contributed by atoms with van der Waals surface area (Å²) in [5, 5.41) is 18.4. The van der Waals surface area contributed by atoms with E-state index in [-0.39, 0.29) is 6.61 Å². The molecule has 0 amide bonds. The third-order valence-corrected chi connectivity index (χ3v) is 4.12. The van der Waals surface area contributed by atoms with Gasteiger partial charge < -0.3 is 9.67 Å². The number of rotatable bonds is 7. The van der Waals surface area contributed by atoms with E-state index in [0.717, 1.165) is 30.8 Å². The number of benzene rings is 1. The highest BCUT2D eigenvalue weighted by Gasteiger charge is 2.12. The van der Waals surface area contributed by atoms with Gasteiger partial charge in [-0.2, -0.15) is 5.26 Å². The van der Waals surface area contributed by atoms with Crippen molar-refractivity contribution in [1.82, 2.24) is 9.47 Å². The van der Waals surface area contributed by atoms with Gasteiger partial charge >= 0.3 is 0 Å². The monoisotopic (exact) mass is 297 g/mol. The maximum Gasteiger partial charge on any atom is 0.120 e. The molecule has 0 aliphatic carbocycles. The van der Waals surface area contributed by atoms with E-state index < -0.39 is 0 Å². The Hall–Kier alpha value is -2.09. The minimum atomic E-state index is 0.145. The van der Waals surface area contributed by atoms with Crippen LogP contribution >= 0.6 is 0 Å². The zero-order valence-corrected chi connectivity index (χ0v) is 13.3. The fraction of sp³-hybridized carbons (Fsp3) is 0.389. The average Bonchev–Trinajstić information content (AvgIpc) is 2.81. The molecule has 0 saturated carbocycles.